The second-order valence-electron chi connectivity index (χ2n) is 5.39. The molecule has 1 aromatic heterocycles. The molecule has 0 aliphatic rings. The van der Waals surface area contributed by atoms with Crippen LogP contribution in [-0.4, -0.2) is 27.6 Å². The molecule has 0 atom stereocenters. The van der Waals surface area contributed by atoms with Crippen LogP contribution in [0.25, 0.3) is 0 Å². The number of hydrogen-bond acceptors (Lipinski definition) is 4. The van der Waals surface area contributed by atoms with Crippen molar-refractivity contribution in [3.8, 4) is 0 Å². The van der Waals surface area contributed by atoms with Crippen LogP contribution < -0.4 is 5.32 Å². The molecule has 0 saturated carbocycles. The molecule has 0 unspecified atom stereocenters. The molecular formula is C15H25N3O2. The molecule has 0 aliphatic heterocycles. The van der Waals surface area contributed by atoms with E-state index in [0.717, 1.165) is 49.6 Å². The Morgan fingerprint density at radius 2 is 1.95 bits per heavy atom. The summed E-state index contributed by atoms with van der Waals surface area (Å²) in [5.41, 5.74) is 0.979. The van der Waals surface area contributed by atoms with E-state index in [9.17, 15) is 4.79 Å². The van der Waals surface area contributed by atoms with Gasteiger partial charge in [0.15, 0.2) is 0 Å². The number of unbranched alkanes of at least 4 members (excludes halogenated alkanes) is 3. The summed E-state index contributed by atoms with van der Waals surface area (Å²) in [6, 6.07) is 1.95. The zero-order chi connectivity index (χ0) is 15.0. The number of hydrogen-bond donors (Lipinski definition) is 2. The van der Waals surface area contributed by atoms with Crippen LogP contribution in [0.2, 0.25) is 0 Å². The van der Waals surface area contributed by atoms with Crippen LogP contribution in [0.3, 0.4) is 0 Å². The summed E-state index contributed by atoms with van der Waals surface area (Å²) >= 11 is 0. The number of carbonyl (C=O) groups is 1. The lowest BCUT2D eigenvalue weighted by molar-refractivity contribution is -0.137. The monoisotopic (exact) mass is 279 g/mol. The standard InChI is InChI=1S/C15H25N3O2/c1-11(2)15-17-12(3)10-13(18-15)16-9-7-5-4-6-8-14(19)20/h10-11H,4-9H2,1-3H3,(H,19,20)(H,16,17,18). The minimum atomic E-state index is -0.708. The predicted molar refractivity (Wildman–Crippen MR) is 80.1 cm³/mol. The van der Waals surface area contributed by atoms with Crippen molar-refractivity contribution in [3.63, 3.8) is 0 Å². The van der Waals surface area contributed by atoms with Crippen molar-refractivity contribution < 1.29 is 9.90 Å². The van der Waals surface area contributed by atoms with Gasteiger partial charge in [0.05, 0.1) is 0 Å². The molecule has 0 aliphatic carbocycles. The number of nitrogens with zero attached hydrogens (tertiary/aromatic N) is 2. The average Bonchev–Trinajstić information content (AvgIpc) is 2.36. The lowest BCUT2D eigenvalue weighted by Gasteiger charge is -2.10. The van der Waals surface area contributed by atoms with E-state index in [1.54, 1.807) is 0 Å². The zero-order valence-corrected chi connectivity index (χ0v) is 12.6. The van der Waals surface area contributed by atoms with Gasteiger partial charge in [0, 0.05) is 30.6 Å². The van der Waals surface area contributed by atoms with Gasteiger partial charge in [-0.25, -0.2) is 9.97 Å². The van der Waals surface area contributed by atoms with Crippen molar-refractivity contribution in [3.05, 3.63) is 17.6 Å². The van der Waals surface area contributed by atoms with Crippen molar-refractivity contribution in [2.75, 3.05) is 11.9 Å². The molecule has 0 amide bonds. The van der Waals surface area contributed by atoms with Crippen LogP contribution in [0.15, 0.2) is 6.07 Å². The Kier molecular flexibility index (Phi) is 6.98. The van der Waals surface area contributed by atoms with Gasteiger partial charge in [0.2, 0.25) is 0 Å². The Hall–Kier alpha value is -1.65. The molecule has 20 heavy (non-hydrogen) atoms. The van der Waals surface area contributed by atoms with Gasteiger partial charge < -0.3 is 10.4 Å². The largest absolute Gasteiger partial charge is 0.481 e. The summed E-state index contributed by atoms with van der Waals surface area (Å²) < 4.78 is 0. The van der Waals surface area contributed by atoms with E-state index < -0.39 is 5.97 Å². The highest BCUT2D eigenvalue weighted by atomic mass is 16.4. The Morgan fingerprint density at radius 3 is 2.60 bits per heavy atom. The maximum Gasteiger partial charge on any atom is 0.303 e. The number of anilines is 1. The van der Waals surface area contributed by atoms with E-state index in [4.69, 9.17) is 5.11 Å². The van der Waals surface area contributed by atoms with Crippen LogP contribution in [0.5, 0.6) is 0 Å². The molecule has 1 aromatic rings. The number of aliphatic carboxylic acids is 1. The molecule has 0 saturated heterocycles. The first-order valence-corrected chi connectivity index (χ1v) is 7.30. The Morgan fingerprint density at radius 1 is 1.25 bits per heavy atom. The van der Waals surface area contributed by atoms with E-state index in [-0.39, 0.29) is 6.42 Å². The predicted octanol–water partition coefficient (Wildman–Crippen LogP) is 3.36. The number of aromatic nitrogens is 2. The van der Waals surface area contributed by atoms with Gasteiger partial charge in [-0.05, 0) is 19.8 Å². The fourth-order valence-electron chi connectivity index (χ4n) is 1.91. The quantitative estimate of drug-likeness (QED) is 0.678. The number of carboxylic acids is 1. The Balaban J connectivity index is 2.26. The first kappa shape index (κ1) is 16.4. The van der Waals surface area contributed by atoms with E-state index in [2.05, 4.69) is 29.1 Å². The Labute approximate surface area is 120 Å². The van der Waals surface area contributed by atoms with Crippen molar-refractivity contribution >= 4 is 11.8 Å². The topological polar surface area (TPSA) is 75.1 Å². The number of nitrogens with one attached hydrogen (secondary N) is 1. The first-order chi connectivity index (χ1) is 9.49. The molecule has 1 heterocycles. The fraction of sp³-hybridized carbons (Fsp3) is 0.667. The third-order valence-electron chi connectivity index (χ3n) is 3.01. The van der Waals surface area contributed by atoms with Gasteiger partial charge in [-0.1, -0.05) is 26.7 Å². The Bertz CT molecular complexity index is 433. The van der Waals surface area contributed by atoms with Crippen LogP contribution in [-0.2, 0) is 4.79 Å². The SMILES string of the molecule is Cc1cc(NCCCCCCC(=O)O)nc(C(C)C)n1. The third kappa shape index (κ3) is 6.50. The van der Waals surface area contributed by atoms with Crippen LogP contribution >= 0.6 is 0 Å². The maximum absolute atomic E-state index is 10.4. The zero-order valence-electron chi connectivity index (χ0n) is 12.6. The van der Waals surface area contributed by atoms with Crippen LogP contribution in [0.4, 0.5) is 5.82 Å². The van der Waals surface area contributed by atoms with Gasteiger partial charge >= 0.3 is 5.97 Å². The highest BCUT2D eigenvalue weighted by Gasteiger charge is 2.05. The summed E-state index contributed by atoms with van der Waals surface area (Å²) in [6.45, 7) is 7.01. The molecule has 0 fully saturated rings. The van der Waals surface area contributed by atoms with E-state index in [1.807, 2.05) is 13.0 Å². The summed E-state index contributed by atoms with van der Waals surface area (Å²) in [5, 5.41) is 11.8. The molecule has 2 N–H and O–H groups in total. The van der Waals surface area contributed by atoms with Crippen LogP contribution in [0, 0.1) is 6.92 Å². The second kappa shape index (κ2) is 8.51. The number of rotatable bonds is 9. The minimum absolute atomic E-state index is 0.274. The summed E-state index contributed by atoms with van der Waals surface area (Å²) in [6.07, 6.45) is 4.07. The van der Waals surface area contributed by atoms with Gasteiger partial charge in [-0.15, -0.1) is 0 Å². The molecule has 0 radical (unpaired) electrons. The van der Waals surface area contributed by atoms with Crippen molar-refractivity contribution in [2.45, 2.75) is 58.8 Å². The molecule has 0 bridgehead atoms. The average molecular weight is 279 g/mol. The van der Waals surface area contributed by atoms with Gasteiger partial charge in [0.1, 0.15) is 11.6 Å². The van der Waals surface area contributed by atoms with Gasteiger partial charge in [0.25, 0.3) is 0 Å². The molecule has 0 aromatic carbocycles. The summed E-state index contributed by atoms with van der Waals surface area (Å²) in [5.74, 6) is 1.37. The highest BCUT2D eigenvalue weighted by Crippen LogP contribution is 2.13. The lowest BCUT2D eigenvalue weighted by Crippen LogP contribution is -2.07. The van der Waals surface area contributed by atoms with Gasteiger partial charge in [-0.2, -0.15) is 0 Å². The van der Waals surface area contributed by atoms with Crippen molar-refractivity contribution in [2.24, 2.45) is 0 Å². The summed E-state index contributed by atoms with van der Waals surface area (Å²) in [4.78, 5) is 19.3. The third-order valence-corrected chi connectivity index (χ3v) is 3.01. The molecule has 5 heteroatoms. The number of aryl methyl sites for hydroxylation is 1. The molecule has 5 nitrogen and oxygen atoms in total. The minimum Gasteiger partial charge on any atom is -0.481 e. The van der Waals surface area contributed by atoms with E-state index in [0.29, 0.717) is 5.92 Å². The van der Waals surface area contributed by atoms with Crippen LogP contribution in [0.1, 0.15) is 63.4 Å². The maximum atomic E-state index is 10.4. The fourth-order valence-corrected chi connectivity index (χ4v) is 1.91. The molecule has 1 rings (SSSR count). The number of carboxylic acid groups (broad SMARTS) is 1. The smallest absolute Gasteiger partial charge is 0.303 e. The van der Waals surface area contributed by atoms with Crippen molar-refractivity contribution in [1.29, 1.82) is 0 Å². The summed E-state index contributed by atoms with van der Waals surface area (Å²) in [7, 11) is 0. The van der Waals surface area contributed by atoms with Gasteiger partial charge in [-0.3, -0.25) is 4.79 Å². The van der Waals surface area contributed by atoms with E-state index in [1.165, 1.54) is 0 Å². The molecular weight excluding hydrogens is 254 g/mol. The molecule has 112 valence electrons. The highest BCUT2D eigenvalue weighted by molar-refractivity contribution is 5.66. The normalized spacial score (nSPS) is 10.8. The lowest BCUT2D eigenvalue weighted by atomic mass is 10.1. The van der Waals surface area contributed by atoms with E-state index >= 15 is 0 Å². The van der Waals surface area contributed by atoms with Crippen molar-refractivity contribution in [1.82, 2.24) is 9.97 Å². The first-order valence-electron chi connectivity index (χ1n) is 7.30. The molecule has 0 spiro atoms. The second-order valence-corrected chi connectivity index (χ2v) is 5.39.